The maximum atomic E-state index is 12.9. The van der Waals surface area contributed by atoms with Crippen LogP contribution in [0.1, 0.15) is 25.1 Å². The van der Waals surface area contributed by atoms with E-state index >= 15 is 0 Å². The Hall–Kier alpha value is -2.53. The molecule has 2 fully saturated rings. The summed E-state index contributed by atoms with van der Waals surface area (Å²) in [4.78, 5) is 14.8. The molecule has 0 N–H and O–H groups in total. The predicted octanol–water partition coefficient (Wildman–Crippen LogP) is 3.65. The lowest BCUT2D eigenvalue weighted by atomic mass is 10.1. The molecule has 2 heterocycles. The van der Waals surface area contributed by atoms with Crippen molar-refractivity contribution in [1.29, 1.82) is 0 Å². The molecule has 2 amide bonds. The number of carbonyl (C=O) groups is 1. The lowest BCUT2D eigenvalue weighted by molar-refractivity contribution is 0.0727. The summed E-state index contributed by atoms with van der Waals surface area (Å²) in [7, 11) is 0. The summed E-state index contributed by atoms with van der Waals surface area (Å²) in [5.74, 6) is 0.857. The molecule has 2 aromatic carbocycles. The highest BCUT2D eigenvalue weighted by Crippen LogP contribution is 2.40. The molecule has 0 radical (unpaired) electrons. The fourth-order valence-corrected chi connectivity index (χ4v) is 3.52. The molecule has 2 aliphatic heterocycles. The number of ether oxygens (including phenoxy) is 1. The first-order valence-electron chi connectivity index (χ1n) is 8.44. The molecule has 2 saturated heterocycles. The van der Waals surface area contributed by atoms with Crippen LogP contribution in [0, 0.1) is 0 Å². The molecule has 124 valence electrons. The van der Waals surface area contributed by atoms with E-state index in [4.69, 9.17) is 4.74 Å². The maximum absolute atomic E-state index is 12.9. The third kappa shape index (κ3) is 2.41. The Labute approximate surface area is 142 Å². The van der Waals surface area contributed by atoms with Crippen LogP contribution in [0.5, 0.6) is 5.75 Å². The Morgan fingerprint density at radius 2 is 1.79 bits per heavy atom. The van der Waals surface area contributed by atoms with E-state index in [-0.39, 0.29) is 12.2 Å². The minimum Gasteiger partial charge on any atom is -0.494 e. The van der Waals surface area contributed by atoms with Gasteiger partial charge in [0.1, 0.15) is 11.9 Å². The van der Waals surface area contributed by atoms with Gasteiger partial charge in [0.05, 0.1) is 6.61 Å². The highest BCUT2D eigenvalue weighted by Gasteiger charge is 2.47. The minimum absolute atomic E-state index is 0.0533. The number of hydrogen-bond acceptors (Lipinski definition) is 3. The van der Waals surface area contributed by atoms with Crippen molar-refractivity contribution in [2.75, 3.05) is 24.6 Å². The van der Waals surface area contributed by atoms with Gasteiger partial charge >= 0.3 is 6.03 Å². The first kappa shape index (κ1) is 15.0. The van der Waals surface area contributed by atoms with E-state index < -0.39 is 0 Å². The van der Waals surface area contributed by atoms with E-state index in [1.165, 1.54) is 0 Å². The molecule has 0 aromatic heterocycles. The second-order valence-corrected chi connectivity index (χ2v) is 6.00. The molecule has 24 heavy (non-hydrogen) atoms. The van der Waals surface area contributed by atoms with E-state index in [2.05, 4.69) is 17.1 Å². The largest absolute Gasteiger partial charge is 0.494 e. The van der Waals surface area contributed by atoms with Gasteiger partial charge in [-0.15, -0.1) is 0 Å². The molecule has 2 aliphatic rings. The summed E-state index contributed by atoms with van der Waals surface area (Å²) < 4.78 is 5.54. The Morgan fingerprint density at radius 1 is 1.04 bits per heavy atom. The molecule has 5 nitrogen and oxygen atoms in total. The number of fused-ring (bicyclic) bond motifs is 1. The SMILES string of the molecule is CCOc1ccc(C2N(c3ccccc3)C(=O)N3CCCN23)cc1. The summed E-state index contributed by atoms with van der Waals surface area (Å²) in [6, 6.07) is 18.0. The molecule has 0 aliphatic carbocycles. The molecule has 1 atom stereocenters. The Bertz CT molecular complexity index is 717. The van der Waals surface area contributed by atoms with Gasteiger partial charge in [-0.1, -0.05) is 30.3 Å². The maximum Gasteiger partial charge on any atom is 0.340 e. The third-order valence-electron chi connectivity index (χ3n) is 4.54. The molecular formula is C19H21N3O2. The Balaban J connectivity index is 1.73. The third-order valence-corrected chi connectivity index (χ3v) is 4.54. The molecule has 2 aromatic rings. The zero-order valence-electron chi connectivity index (χ0n) is 13.8. The van der Waals surface area contributed by atoms with Crippen LogP contribution in [-0.4, -0.2) is 35.7 Å². The van der Waals surface area contributed by atoms with Crippen LogP contribution in [0.3, 0.4) is 0 Å². The van der Waals surface area contributed by atoms with Crippen molar-refractivity contribution in [3.05, 3.63) is 60.2 Å². The van der Waals surface area contributed by atoms with E-state index in [0.29, 0.717) is 6.61 Å². The van der Waals surface area contributed by atoms with Crippen molar-refractivity contribution in [3.63, 3.8) is 0 Å². The quantitative estimate of drug-likeness (QED) is 0.862. The first-order chi connectivity index (χ1) is 11.8. The summed E-state index contributed by atoms with van der Waals surface area (Å²) in [6.45, 7) is 4.31. The van der Waals surface area contributed by atoms with Gasteiger partial charge in [0, 0.05) is 18.8 Å². The lowest BCUT2D eigenvalue weighted by Gasteiger charge is -2.28. The van der Waals surface area contributed by atoms with Crippen LogP contribution in [0.4, 0.5) is 10.5 Å². The van der Waals surface area contributed by atoms with Gasteiger partial charge in [-0.2, -0.15) is 5.01 Å². The second kappa shape index (κ2) is 6.17. The summed E-state index contributed by atoms with van der Waals surface area (Å²) >= 11 is 0. The van der Waals surface area contributed by atoms with Crippen molar-refractivity contribution < 1.29 is 9.53 Å². The number of urea groups is 1. The van der Waals surface area contributed by atoms with Gasteiger partial charge in [0.15, 0.2) is 0 Å². The van der Waals surface area contributed by atoms with Gasteiger partial charge < -0.3 is 4.74 Å². The number of carbonyl (C=O) groups excluding carboxylic acids is 1. The van der Waals surface area contributed by atoms with Crippen LogP contribution < -0.4 is 9.64 Å². The van der Waals surface area contributed by atoms with Crippen molar-refractivity contribution in [1.82, 2.24) is 10.0 Å². The number of anilines is 1. The number of rotatable bonds is 4. The zero-order valence-corrected chi connectivity index (χ0v) is 13.8. The van der Waals surface area contributed by atoms with Gasteiger partial charge in [0.25, 0.3) is 0 Å². The Morgan fingerprint density at radius 3 is 2.50 bits per heavy atom. The summed E-state index contributed by atoms with van der Waals surface area (Å²) in [5.41, 5.74) is 2.02. The predicted molar refractivity (Wildman–Crippen MR) is 92.7 cm³/mol. The smallest absolute Gasteiger partial charge is 0.340 e. The van der Waals surface area contributed by atoms with Gasteiger partial charge in [0.2, 0.25) is 0 Å². The zero-order chi connectivity index (χ0) is 16.5. The average molecular weight is 323 g/mol. The number of nitrogens with zero attached hydrogens (tertiary/aromatic N) is 3. The number of hydrazine groups is 1. The van der Waals surface area contributed by atoms with Crippen LogP contribution in [0.15, 0.2) is 54.6 Å². The van der Waals surface area contributed by atoms with E-state index in [1.807, 2.05) is 59.3 Å². The van der Waals surface area contributed by atoms with E-state index in [0.717, 1.165) is 36.5 Å². The first-order valence-corrected chi connectivity index (χ1v) is 8.44. The standard InChI is InChI=1S/C19H21N3O2/c1-2-24-17-11-9-15(10-12-17)18-20-13-6-14-21(20)19(23)22(18)16-7-4-3-5-8-16/h3-5,7-12,18H,2,6,13-14H2,1H3. The normalized spacial score (nSPS) is 20.5. The molecule has 0 spiro atoms. The highest BCUT2D eigenvalue weighted by molar-refractivity contribution is 5.94. The molecule has 5 heteroatoms. The monoisotopic (exact) mass is 323 g/mol. The Kier molecular flexibility index (Phi) is 3.86. The lowest BCUT2D eigenvalue weighted by Crippen LogP contribution is -2.32. The number of para-hydroxylation sites is 1. The summed E-state index contributed by atoms with van der Waals surface area (Å²) in [5, 5.41) is 4.04. The molecule has 1 unspecified atom stereocenters. The van der Waals surface area contributed by atoms with Crippen LogP contribution in [0.25, 0.3) is 0 Å². The van der Waals surface area contributed by atoms with Crippen LogP contribution in [-0.2, 0) is 0 Å². The van der Waals surface area contributed by atoms with Gasteiger partial charge in [-0.25, -0.2) is 4.79 Å². The van der Waals surface area contributed by atoms with Crippen LogP contribution >= 0.6 is 0 Å². The van der Waals surface area contributed by atoms with E-state index in [1.54, 1.807) is 0 Å². The fraction of sp³-hybridized carbons (Fsp3) is 0.316. The minimum atomic E-state index is -0.0990. The molecular weight excluding hydrogens is 302 g/mol. The van der Waals surface area contributed by atoms with Gasteiger partial charge in [-0.3, -0.25) is 9.91 Å². The number of hydrogen-bond donors (Lipinski definition) is 0. The van der Waals surface area contributed by atoms with E-state index in [9.17, 15) is 4.79 Å². The number of amides is 2. The van der Waals surface area contributed by atoms with Crippen molar-refractivity contribution in [2.45, 2.75) is 19.5 Å². The fourth-order valence-electron chi connectivity index (χ4n) is 3.52. The van der Waals surface area contributed by atoms with Gasteiger partial charge in [-0.05, 0) is 43.2 Å². The topological polar surface area (TPSA) is 36.0 Å². The average Bonchev–Trinajstić information content (AvgIpc) is 3.19. The molecule has 0 bridgehead atoms. The highest BCUT2D eigenvalue weighted by atomic mass is 16.5. The van der Waals surface area contributed by atoms with Crippen molar-refractivity contribution in [2.24, 2.45) is 0 Å². The second-order valence-electron chi connectivity index (χ2n) is 6.00. The molecule has 0 saturated carbocycles. The van der Waals surface area contributed by atoms with Crippen LogP contribution in [0.2, 0.25) is 0 Å². The number of benzene rings is 2. The summed E-state index contributed by atoms with van der Waals surface area (Å²) in [6.07, 6.45) is 0.917. The van der Waals surface area contributed by atoms with Crippen molar-refractivity contribution in [3.8, 4) is 5.75 Å². The van der Waals surface area contributed by atoms with Crippen molar-refractivity contribution >= 4 is 11.7 Å². The molecule has 4 rings (SSSR count).